The number of Topliss-reactive ketones (excluding diaryl/α,β-unsaturated/α-hetero) is 1. The van der Waals surface area contributed by atoms with E-state index in [0.717, 1.165) is 76.6 Å². The second-order valence-electron chi connectivity index (χ2n) is 10.8. The van der Waals surface area contributed by atoms with Crippen LogP contribution in [0.2, 0.25) is 0 Å². The summed E-state index contributed by atoms with van der Waals surface area (Å²) in [6.07, 6.45) is 8.80. The monoisotopic (exact) mass is 388 g/mol. The van der Waals surface area contributed by atoms with Crippen LogP contribution in [0.4, 0.5) is 0 Å². The third-order valence-corrected chi connectivity index (χ3v) is 9.57. The van der Waals surface area contributed by atoms with Gasteiger partial charge in [0, 0.05) is 24.8 Å². The maximum absolute atomic E-state index is 12.6. The number of carbonyl (C=O) groups excluding carboxylic acids is 1. The number of aliphatic hydroxyl groups excluding tert-OH is 1. The van der Waals surface area contributed by atoms with Crippen molar-refractivity contribution in [2.45, 2.75) is 83.8 Å². The lowest BCUT2D eigenvalue weighted by atomic mass is 9.44. The molecule has 1 saturated heterocycles. The Morgan fingerprint density at radius 1 is 1.11 bits per heavy atom. The fraction of sp³-hybridized carbons (Fsp3) is 0.913. The smallest absolute Gasteiger partial charge is 0.141 e. The Morgan fingerprint density at radius 2 is 1.96 bits per heavy atom. The zero-order valence-corrected chi connectivity index (χ0v) is 17.5. The van der Waals surface area contributed by atoms with Crippen molar-refractivity contribution in [3.8, 4) is 0 Å². The zero-order valence-electron chi connectivity index (χ0n) is 17.5. The van der Waals surface area contributed by atoms with Crippen LogP contribution in [0.15, 0.2) is 5.16 Å². The van der Waals surface area contributed by atoms with Crippen molar-refractivity contribution >= 4 is 11.5 Å². The Hall–Kier alpha value is -0.940. The van der Waals surface area contributed by atoms with Gasteiger partial charge in [0.15, 0.2) is 0 Å². The first-order valence-corrected chi connectivity index (χ1v) is 11.6. The van der Waals surface area contributed by atoms with Crippen molar-refractivity contribution in [2.75, 3.05) is 13.1 Å². The summed E-state index contributed by atoms with van der Waals surface area (Å²) in [6, 6.07) is 0. The Bertz CT molecular complexity index is 673. The molecule has 2 unspecified atom stereocenters. The van der Waals surface area contributed by atoms with Gasteiger partial charge in [-0.3, -0.25) is 4.79 Å². The number of fused-ring (bicyclic) bond motifs is 5. The van der Waals surface area contributed by atoms with Gasteiger partial charge in [0.05, 0.1) is 11.8 Å². The van der Waals surface area contributed by atoms with Crippen LogP contribution >= 0.6 is 0 Å². The van der Waals surface area contributed by atoms with Crippen LogP contribution in [0.25, 0.3) is 0 Å². The minimum atomic E-state index is -0.275. The molecule has 156 valence electrons. The van der Waals surface area contributed by atoms with E-state index in [0.29, 0.717) is 23.5 Å². The average Bonchev–Trinajstić information content (AvgIpc) is 3.29. The van der Waals surface area contributed by atoms with Crippen molar-refractivity contribution in [1.82, 2.24) is 5.32 Å². The molecule has 1 aliphatic heterocycles. The van der Waals surface area contributed by atoms with Crippen molar-refractivity contribution in [3.63, 3.8) is 0 Å². The number of rotatable bonds is 2. The summed E-state index contributed by atoms with van der Waals surface area (Å²) in [5.74, 6) is 2.41. The standard InChI is InChI=1S/C23H36N2O3/c1-22-8-5-14(25-28-15-7-10-24-13-15)11-19(22)20(26)12-16-17-3-4-21(27)23(17,2)9-6-18(16)22/h15-20,24,26H,3-13H2,1-2H3/t15-,16+,17+,18-,19?,20?,22-,23+/m1/s1. The maximum Gasteiger partial charge on any atom is 0.141 e. The number of ketones is 1. The van der Waals surface area contributed by atoms with Gasteiger partial charge in [0.25, 0.3) is 0 Å². The first kappa shape index (κ1) is 19.0. The lowest BCUT2D eigenvalue weighted by molar-refractivity contribution is -0.153. The average molecular weight is 389 g/mol. The fourth-order valence-corrected chi connectivity index (χ4v) is 7.82. The van der Waals surface area contributed by atoms with E-state index < -0.39 is 0 Å². The fourth-order valence-electron chi connectivity index (χ4n) is 7.82. The topological polar surface area (TPSA) is 70.9 Å². The third kappa shape index (κ3) is 2.79. The van der Waals surface area contributed by atoms with Gasteiger partial charge in [-0.1, -0.05) is 19.0 Å². The Morgan fingerprint density at radius 3 is 2.75 bits per heavy atom. The highest BCUT2D eigenvalue weighted by Crippen LogP contribution is 2.65. The number of nitrogens with zero attached hydrogens (tertiary/aromatic N) is 1. The number of carbonyl (C=O) groups is 1. The number of hydrogen-bond donors (Lipinski definition) is 2. The molecule has 0 spiro atoms. The minimum absolute atomic E-state index is 0.117. The van der Waals surface area contributed by atoms with Crippen LogP contribution in [-0.2, 0) is 9.63 Å². The highest BCUT2D eigenvalue weighted by molar-refractivity contribution is 5.87. The summed E-state index contributed by atoms with van der Waals surface area (Å²) in [5.41, 5.74) is 1.20. The predicted octanol–water partition coefficient (Wildman–Crippen LogP) is 3.30. The molecule has 0 aromatic heterocycles. The molecule has 0 radical (unpaired) electrons. The zero-order chi connectivity index (χ0) is 19.5. The molecular weight excluding hydrogens is 352 g/mol. The van der Waals surface area contributed by atoms with Gasteiger partial charge in [-0.15, -0.1) is 0 Å². The van der Waals surface area contributed by atoms with E-state index in [1.807, 2.05) is 0 Å². The molecule has 5 heteroatoms. The summed E-state index contributed by atoms with van der Waals surface area (Å²) in [7, 11) is 0. The van der Waals surface area contributed by atoms with E-state index in [9.17, 15) is 9.90 Å². The molecule has 8 atom stereocenters. The molecule has 0 aromatic carbocycles. The van der Waals surface area contributed by atoms with Crippen LogP contribution in [0.1, 0.15) is 71.6 Å². The molecule has 28 heavy (non-hydrogen) atoms. The van der Waals surface area contributed by atoms with E-state index in [4.69, 9.17) is 4.84 Å². The molecule has 0 aromatic rings. The van der Waals surface area contributed by atoms with Gasteiger partial charge in [0.2, 0.25) is 0 Å². The minimum Gasteiger partial charge on any atom is -0.393 e. The van der Waals surface area contributed by atoms with Gasteiger partial charge in [-0.25, -0.2) is 0 Å². The summed E-state index contributed by atoms with van der Waals surface area (Å²) >= 11 is 0. The number of oxime groups is 1. The Kier molecular flexibility index (Phi) is 4.63. The third-order valence-electron chi connectivity index (χ3n) is 9.57. The molecule has 0 amide bonds. The van der Waals surface area contributed by atoms with Crippen LogP contribution in [-0.4, -0.2) is 41.9 Å². The first-order chi connectivity index (χ1) is 13.4. The number of hydrogen-bond acceptors (Lipinski definition) is 5. The lowest BCUT2D eigenvalue weighted by Crippen LogP contribution is -2.57. The van der Waals surface area contributed by atoms with Gasteiger partial charge >= 0.3 is 0 Å². The maximum atomic E-state index is 12.6. The highest BCUT2D eigenvalue weighted by Gasteiger charge is 2.61. The molecule has 5 aliphatic rings. The largest absolute Gasteiger partial charge is 0.393 e. The van der Waals surface area contributed by atoms with Gasteiger partial charge in [-0.2, -0.15) is 0 Å². The van der Waals surface area contributed by atoms with E-state index in [2.05, 4.69) is 24.3 Å². The summed E-state index contributed by atoms with van der Waals surface area (Å²) in [4.78, 5) is 18.4. The Labute approximate surface area is 168 Å². The summed E-state index contributed by atoms with van der Waals surface area (Å²) < 4.78 is 0. The van der Waals surface area contributed by atoms with Crippen LogP contribution in [0.5, 0.6) is 0 Å². The molecule has 0 bridgehead atoms. The lowest BCUT2D eigenvalue weighted by Gasteiger charge is -2.60. The van der Waals surface area contributed by atoms with E-state index in [1.54, 1.807) is 0 Å². The molecule has 5 rings (SSSR count). The van der Waals surface area contributed by atoms with Crippen molar-refractivity contribution in [2.24, 2.45) is 39.7 Å². The molecule has 2 N–H and O–H groups in total. The second kappa shape index (κ2) is 6.80. The first-order valence-electron chi connectivity index (χ1n) is 11.6. The molecule has 4 aliphatic carbocycles. The normalized spacial score (nSPS) is 52.2. The quantitative estimate of drug-likeness (QED) is 0.712. The highest BCUT2D eigenvalue weighted by atomic mass is 16.6. The molecule has 1 heterocycles. The summed E-state index contributed by atoms with van der Waals surface area (Å²) in [5, 5.41) is 19.0. The van der Waals surface area contributed by atoms with Crippen LogP contribution in [0, 0.1) is 34.5 Å². The molecular formula is C23H36N2O3. The SMILES string of the molecule is C[C@]12CCC(=NO[C@@H]3CCNC3)CC1C(O)C[C@@H]1[C@H]2CC[C@]2(C)C(=O)CC[C@@H]12. The van der Waals surface area contributed by atoms with Crippen molar-refractivity contribution in [1.29, 1.82) is 0 Å². The Balaban J connectivity index is 1.34. The van der Waals surface area contributed by atoms with Gasteiger partial charge < -0.3 is 15.3 Å². The van der Waals surface area contributed by atoms with Gasteiger partial charge in [-0.05, 0) is 80.6 Å². The van der Waals surface area contributed by atoms with E-state index in [1.165, 1.54) is 0 Å². The molecule has 5 nitrogen and oxygen atoms in total. The van der Waals surface area contributed by atoms with Crippen molar-refractivity contribution in [3.05, 3.63) is 0 Å². The van der Waals surface area contributed by atoms with Crippen LogP contribution in [0.3, 0.4) is 0 Å². The number of nitrogens with one attached hydrogen (secondary N) is 1. The summed E-state index contributed by atoms with van der Waals surface area (Å²) in [6.45, 7) is 6.55. The van der Waals surface area contributed by atoms with E-state index in [-0.39, 0.29) is 29.0 Å². The van der Waals surface area contributed by atoms with Crippen LogP contribution < -0.4 is 5.32 Å². The van der Waals surface area contributed by atoms with Gasteiger partial charge in [0.1, 0.15) is 11.9 Å². The van der Waals surface area contributed by atoms with Crippen molar-refractivity contribution < 1.29 is 14.7 Å². The second-order valence-corrected chi connectivity index (χ2v) is 10.8. The molecule has 4 saturated carbocycles. The van der Waals surface area contributed by atoms with E-state index >= 15 is 0 Å². The number of aliphatic hydroxyl groups is 1. The predicted molar refractivity (Wildman–Crippen MR) is 108 cm³/mol. The molecule has 5 fully saturated rings.